The average molecular weight is 374 g/mol. The number of hydrogen-bond donors (Lipinski definition) is 2. The second-order valence-corrected chi connectivity index (χ2v) is 5.75. The van der Waals surface area contributed by atoms with Crippen molar-refractivity contribution in [1.29, 1.82) is 0 Å². The first kappa shape index (κ1) is 21.2. The molecular weight excluding hydrogens is 347 g/mol. The number of unbranched alkanes of at least 4 members (excludes halogenated alkanes) is 9. The summed E-state index contributed by atoms with van der Waals surface area (Å²) in [6, 6.07) is 0. The zero-order valence-corrected chi connectivity index (χ0v) is 13.6. The largest absolute Gasteiger partial charge is 0.469 e. The standard InChI is InChI=1S/C12H27O4P.Ag/c1-2-3-4-5-6-7-8-9-10-11-12-16-17(13,14)15;/h2-12H2,1H3,(H2,13,14,15);. The van der Waals surface area contributed by atoms with Crippen LogP contribution in [0.15, 0.2) is 0 Å². The first-order valence-corrected chi connectivity index (χ1v) is 8.29. The van der Waals surface area contributed by atoms with Crippen molar-refractivity contribution >= 4 is 7.82 Å². The fourth-order valence-electron chi connectivity index (χ4n) is 1.77. The van der Waals surface area contributed by atoms with Crippen molar-refractivity contribution in [3.63, 3.8) is 0 Å². The van der Waals surface area contributed by atoms with Gasteiger partial charge in [0.05, 0.1) is 6.61 Å². The first-order valence-electron chi connectivity index (χ1n) is 6.76. The minimum atomic E-state index is -4.24. The summed E-state index contributed by atoms with van der Waals surface area (Å²) in [6.07, 6.45) is 12.0. The van der Waals surface area contributed by atoms with Crippen molar-refractivity contribution in [2.45, 2.75) is 71.1 Å². The molecule has 0 heterocycles. The molecular formula is C12H27AgO4P. The van der Waals surface area contributed by atoms with Gasteiger partial charge >= 0.3 is 7.82 Å². The molecule has 0 saturated heterocycles. The average Bonchev–Trinajstić information content (AvgIpc) is 2.24. The third kappa shape index (κ3) is 19.2. The minimum absolute atomic E-state index is 0. The first-order chi connectivity index (χ1) is 8.06. The van der Waals surface area contributed by atoms with Crippen LogP contribution in [0.4, 0.5) is 0 Å². The Balaban J connectivity index is 0. The molecule has 0 aromatic carbocycles. The van der Waals surface area contributed by atoms with Crippen molar-refractivity contribution in [2.75, 3.05) is 6.61 Å². The van der Waals surface area contributed by atoms with Crippen molar-refractivity contribution in [3.05, 3.63) is 0 Å². The molecule has 115 valence electrons. The second-order valence-electron chi connectivity index (χ2n) is 4.51. The van der Waals surface area contributed by atoms with E-state index in [1.165, 1.54) is 44.9 Å². The predicted octanol–water partition coefficient (Wildman–Crippen LogP) is 4.01. The van der Waals surface area contributed by atoms with Gasteiger partial charge in [0.15, 0.2) is 0 Å². The van der Waals surface area contributed by atoms with Crippen LogP contribution in [0.5, 0.6) is 0 Å². The molecule has 18 heavy (non-hydrogen) atoms. The van der Waals surface area contributed by atoms with Gasteiger partial charge in [-0.25, -0.2) is 4.57 Å². The molecule has 0 aliphatic carbocycles. The van der Waals surface area contributed by atoms with E-state index >= 15 is 0 Å². The molecule has 0 aromatic heterocycles. The Labute approximate surface area is 127 Å². The van der Waals surface area contributed by atoms with E-state index in [4.69, 9.17) is 9.79 Å². The van der Waals surface area contributed by atoms with Crippen LogP contribution in [-0.4, -0.2) is 16.4 Å². The Bertz CT molecular complexity index is 208. The Kier molecular flexibility index (Phi) is 16.8. The van der Waals surface area contributed by atoms with Crippen LogP contribution in [0.2, 0.25) is 0 Å². The molecule has 0 aliphatic heterocycles. The molecule has 2 N–H and O–H groups in total. The van der Waals surface area contributed by atoms with Crippen LogP contribution in [0.3, 0.4) is 0 Å². The third-order valence-corrected chi connectivity index (χ3v) is 3.28. The van der Waals surface area contributed by atoms with E-state index in [2.05, 4.69) is 11.4 Å². The third-order valence-electron chi connectivity index (χ3n) is 2.76. The van der Waals surface area contributed by atoms with E-state index in [9.17, 15) is 4.57 Å². The molecule has 0 aliphatic rings. The number of hydrogen-bond acceptors (Lipinski definition) is 2. The second kappa shape index (κ2) is 14.3. The Morgan fingerprint density at radius 2 is 1.22 bits per heavy atom. The van der Waals surface area contributed by atoms with Crippen molar-refractivity contribution in [1.82, 2.24) is 0 Å². The molecule has 0 aromatic rings. The zero-order valence-electron chi connectivity index (χ0n) is 11.2. The van der Waals surface area contributed by atoms with Gasteiger partial charge in [0, 0.05) is 22.4 Å². The van der Waals surface area contributed by atoms with Gasteiger partial charge in [-0.05, 0) is 6.42 Å². The maximum Gasteiger partial charge on any atom is 0.469 e. The summed E-state index contributed by atoms with van der Waals surface area (Å²) in [6.45, 7) is 2.39. The Morgan fingerprint density at radius 1 is 0.833 bits per heavy atom. The van der Waals surface area contributed by atoms with Crippen LogP contribution in [0.1, 0.15) is 71.1 Å². The summed E-state index contributed by atoms with van der Waals surface area (Å²) in [5.74, 6) is 0. The van der Waals surface area contributed by atoms with Crippen molar-refractivity contribution in [2.24, 2.45) is 0 Å². The van der Waals surface area contributed by atoms with Gasteiger partial charge in [-0.3, -0.25) is 4.52 Å². The quantitative estimate of drug-likeness (QED) is 0.308. The topological polar surface area (TPSA) is 66.8 Å². The van der Waals surface area contributed by atoms with Crippen LogP contribution in [0.25, 0.3) is 0 Å². The molecule has 1 radical (unpaired) electrons. The summed E-state index contributed by atoms with van der Waals surface area (Å²) in [5.41, 5.74) is 0. The molecule has 0 fully saturated rings. The molecule has 0 amide bonds. The van der Waals surface area contributed by atoms with Crippen LogP contribution < -0.4 is 0 Å². The molecule has 0 rings (SSSR count). The van der Waals surface area contributed by atoms with Gasteiger partial charge in [-0.1, -0.05) is 64.7 Å². The fourth-order valence-corrected chi connectivity index (χ4v) is 2.14. The SMILES string of the molecule is CCCCCCCCCCCCOP(=O)(O)O.[Ag]. The monoisotopic (exact) mass is 373 g/mol. The molecule has 0 bridgehead atoms. The molecule has 0 saturated carbocycles. The summed E-state index contributed by atoms with van der Waals surface area (Å²) in [7, 11) is -4.24. The van der Waals surface area contributed by atoms with Crippen LogP contribution >= 0.6 is 7.82 Å². The number of rotatable bonds is 12. The normalized spacial score (nSPS) is 11.3. The maximum absolute atomic E-state index is 10.4. The summed E-state index contributed by atoms with van der Waals surface area (Å²) in [4.78, 5) is 16.9. The van der Waals surface area contributed by atoms with Gasteiger partial charge in [0.2, 0.25) is 0 Å². The van der Waals surface area contributed by atoms with E-state index < -0.39 is 7.82 Å². The van der Waals surface area contributed by atoms with E-state index in [1.54, 1.807) is 0 Å². The molecule has 0 atom stereocenters. The molecule has 4 nitrogen and oxygen atoms in total. The Hall–Kier alpha value is 0.850. The van der Waals surface area contributed by atoms with E-state index in [1.807, 2.05) is 0 Å². The van der Waals surface area contributed by atoms with Gasteiger partial charge in [-0.2, -0.15) is 0 Å². The summed E-state index contributed by atoms with van der Waals surface area (Å²) in [5, 5.41) is 0. The fraction of sp³-hybridized carbons (Fsp3) is 1.00. The Morgan fingerprint density at radius 3 is 1.61 bits per heavy atom. The molecule has 0 spiro atoms. The minimum Gasteiger partial charge on any atom is -0.303 e. The number of phosphoric ester groups is 1. The van der Waals surface area contributed by atoms with Crippen molar-refractivity contribution in [3.8, 4) is 0 Å². The molecule has 6 heteroatoms. The zero-order chi connectivity index (χ0) is 13.0. The van der Waals surface area contributed by atoms with E-state index in [0.717, 1.165) is 19.3 Å². The summed E-state index contributed by atoms with van der Waals surface area (Å²) < 4.78 is 14.7. The van der Waals surface area contributed by atoms with Gasteiger partial charge in [-0.15, -0.1) is 0 Å². The molecule has 0 unspecified atom stereocenters. The maximum atomic E-state index is 10.4. The van der Waals surface area contributed by atoms with E-state index in [-0.39, 0.29) is 29.0 Å². The van der Waals surface area contributed by atoms with Gasteiger partial charge < -0.3 is 9.79 Å². The van der Waals surface area contributed by atoms with Gasteiger partial charge in [0.25, 0.3) is 0 Å². The smallest absolute Gasteiger partial charge is 0.303 e. The van der Waals surface area contributed by atoms with Crippen LogP contribution in [-0.2, 0) is 31.5 Å². The predicted molar refractivity (Wildman–Crippen MR) is 69.8 cm³/mol. The van der Waals surface area contributed by atoms with Gasteiger partial charge in [0.1, 0.15) is 0 Å². The van der Waals surface area contributed by atoms with Crippen molar-refractivity contribution < 1.29 is 41.3 Å². The van der Waals surface area contributed by atoms with E-state index in [0.29, 0.717) is 0 Å². The number of phosphoric acid groups is 1. The summed E-state index contributed by atoms with van der Waals surface area (Å²) >= 11 is 0. The van der Waals surface area contributed by atoms with Crippen LogP contribution in [0, 0.1) is 0 Å².